The Morgan fingerprint density at radius 2 is 1.87 bits per heavy atom. The minimum Gasteiger partial charge on any atom is -0.336 e. The lowest BCUT2D eigenvalue weighted by molar-refractivity contribution is -0.129. The molecule has 1 N–H and O–H groups in total. The van der Waals surface area contributed by atoms with Crippen molar-refractivity contribution in [3.05, 3.63) is 12.2 Å². The summed E-state index contributed by atoms with van der Waals surface area (Å²) < 4.78 is 30.2. The fraction of sp³-hybridized carbons (Fsp3) is 0.667. The zero-order valence-corrected chi connectivity index (χ0v) is 10.3. The highest BCUT2D eigenvalue weighted by molar-refractivity contribution is 7.85. The maximum absolute atomic E-state index is 11.5. The second-order valence-electron chi connectivity index (χ2n) is 4.18. The third-order valence-corrected chi connectivity index (χ3v) is 3.18. The monoisotopic (exact) mass is 235 g/mol. The van der Waals surface area contributed by atoms with Gasteiger partial charge in [-0.2, -0.15) is 8.42 Å². The number of nitrogens with zero attached hydrogens (tertiary/aromatic N) is 1. The summed E-state index contributed by atoms with van der Waals surface area (Å²) in [5, 5.41) is 0. The maximum atomic E-state index is 11.5. The molecule has 0 aromatic rings. The highest BCUT2D eigenvalue weighted by atomic mass is 32.2. The highest BCUT2D eigenvalue weighted by Gasteiger charge is 2.32. The third kappa shape index (κ3) is 4.44. The van der Waals surface area contributed by atoms with Crippen LogP contribution in [0, 0.1) is 0 Å². The van der Waals surface area contributed by atoms with E-state index in [0.717, 1.165) is 0 Å². The SMILES string of the molecule is C=C(C)C(=O)N(C)C(C)(C)CS(=O)(=O)O. The molecular weight excluding hydrogens is 218 g/mol. The van der Waals surface area contributed by atoms with Crippen molar-refractivity contribution < 1.29 is 17.8 Å². The number of amides is 1. The van der Waals surface area contributed by atoms with Gasteiger partial charge >= 0.3 is 0 Å². The molecule has 0 heterocycles. The predicted octanol–water partition coefficient (Wildman–Crippen LogP) is 0.687. The smallest absolute Gasteiger partial charge is 0.267 e. The number of likely N-dealkylation sites (N-methyl/N-ethyl adjacent to an activating group) is 1. The van der Waals surface area contributed by atoms with Gasteiger partial charge in [-0.1, -0.05) is 6.58 Å². The van der Waals surface area contributed by atoms with Gasteiger partial charge < -0.3 is 4.90 Å². The summed E-state index contributed by atoms with van der Waals surface area (Å²) in [6.07, 6.45) is 0. The van der Waals surface area contributed by atoms with Crippen LogP contribution in [0.15, 0.2) is 12.2 Å². The molecule has 0 aromatic heterocycles. The maximum Gasteiger partial charge on any atom is 0.267 e. The van der Waals surface area contributed by atoms with Gasteiger partial charge in [0.2, 0.25) is 5.91 Å². The molecule has 0 fully saturated rings. The Balaban J connectivity index is 4.89. The van der Waals surface area contributed by atoms with E-state index >= 15 is 0 Å². The zero-order chi connectivity index (χ0) is 12.4. The van der Waals surface area contributed by atoms with Crippen molar-refractivity contribution in [1.29, 1.82) is 0 Å². The van der Waals surface area contributed by atoms with Crippen LogP contribution in [0.1, 0.15) is 20.8 Å². The largest absolute Gasteiger partial charge is 0.336 e. The van der Waals surface area contributed by atoms with E-state index < -0.39 is 21.4 Å². The minimum atomic E-state index is -4.11. The number of rotatable bonds is 4. The Labute approximate surface area is 90.5 Å². The number of hydrogen-bond donors (Lipinski definition) is 1. The summed E-state index contributed by atoms with van der Waals surface area (Å²) in [5.74, 6) is -0.848. The molecule has 0 aliphatic heterocycles. The Morgan fingerprint density at radius 3 is 2.13 bits per heavy atom. The molecule has 88 valence electrons. The Bertz CT molecular complexity index is 370. The first-order valence-electron chi connectivity index (χ1n) is 4.36. The first-order chi connectivity index (χ1) is 6.47. The van der Waals surface area contributed by atoms with Gasteiger partial charge in [0.1, 0.15) is 0 Å². The van der Waals surface area contributed by atoms with Crippen LogP contribution in [0.2, 0.25) is 0 Å². The Hall–Kier alpha value is -0.880. The van der Waals surface area contributed by atoms with Crippen LogP contribution in [0.25, 0.3) is 0 Å². The fourth-order valence-corrected chi connectivity index (χ4v) is 2.19. The topological polar surface area (TPSA) is 74.7 Å². The van der Waals surface area contributed by atoms with Crippen molar-refractivity contribution in [2.45, 2.75) is 26.3 Å². The molecule has 0 aliphatic rings. The van der Waals surface area contributed by atoms with E-state index in [9.17, 15) is 13.2 Å². The van der Waals surface area contributed by atoms with Crippen LogP contribution in [-0.4, -0.2) is 42.1 Å². The normalized spacial score (nSPS) is 12.3. The molecule has 0 spiro atoms. The molecule has 0 saturated carbocycles. The first kappa shape index (κ1) is 14.1. The molecule has 0 unspecified atom stereocenters. The van der Waals surface area contributed by atoms with Crippen molar-refractivity contribution in [3.8, 4) is 0 Å². The van der Waals surface area contributed by atoms with Gasteiger partial charge in [0, 0.05) is 12.6 Å². The Morgan fingerprint density at radius 1 is 1.47 bits per heavy atom. The Kier molecular flexibility index (Phi) is 4.07. The van der Waals surface area contributed by atoms with Gasteiger partial charge in [-0.15, -0.1) is 0 Å². The van der Waals surface area contributed by atoms with Crippen LogP contribution in [-0.2, 0) is 14.9 Å². The second-order valence-corrected chi connectivity index (χ2v) is 5.64. The van der Waals surface area contributed by atoms with Gasteiger partial charge in [0.15, 0.2) is 0 Å². The van der Waals surface area contributed by atoms with Gasteiger partial charge in [0.25, 0.3) is 10.1 Å². The molecule has 0 bridgehead atoms. The van der Waals surface area contributed by atoms with Crippen LogP contribution in [0.5, 0.6) is 0 Å². The van der Waals surface area contributed by atoms with E-state index in [4.69, 9.17) is 4.55 Å². The highest BCUT2D eigenvalue weighted by Crippen LogP contribution is 2.16. The number of carbonyl (C=O) groups excluding carboxylic acids is 1. The number of hydrogen-bond acceptors (Lipinski definition) is 3. The molecule has 0 aliphatic carbocycles. The molecular formula is C9H17NO4S. The van der Waals surface area contributed by atoms with Gasteiger partial charge in [-0.3, -0.25) is 9.35 Å². The molecule has 0 saturated heterocycles. The van der Waals surface area contributed by atoms with Crippen LogP contribution < -0.4 is 0 Å². The van der Waals surface area contributed by atoms with Gasteiger partial charge in [-0.05, 0) is 20.8 Å². The summed E-state index contributed by atoms with van der Waals surface area (Å²) in [6.45, 7) is 8.14. The standard InChI is InChI=1S/C9H17NO4S/c1-7(2)8(11)10(5)9(3,4)6-15(12,13)14/h1,6H2,2-5H3,(H,12,13,14). The first-order valence-corrected chi connectivity index (χ1v) is 5.97. The molecule has 5 nitrogen and oxygen atoms in total. The minimum absolute atomic E-state index is 0.320. The average molecular weight is 235 g/mol. The zero-order valence-electron chi connectivity index (χ0n) is 9.44. The van der Waals surface area contributed by atoms with E-state index in [1.807, 2.05) is 0 Å². The summed E-state index contributed by atoms with van der Waals surface area (Å²) in [4.78, 5) is 12.8. The molecule has 6 heteroatoms. The molecule has 0 radical (unpaired) electrons. The molecule has 15 heavy (non-hydrogen) atoms. The fourth-order valence-electron chi connectivity index (χ4n) is 1.10. The van der Waals surface area contributed by atoms with Crippen LogP contribution in [0.4, 0.5) is 0 Å². The van der Waals surface area contributed by atoms with Crippen molar-refractivity contribution in [2.75, 3.05) is 12.8 Å². The lowest BCUT2D eigenvalue weighted by Gasteiger charge is -2.34. The summed E-state index contributed by atoms with van der Waals surface area (Å²) in [5.41, 5.74) is -0.648. The lowest BCUT2D eigenvalue weighted by atomic mass is 10.1. The van der Waals surface area contributed by atoms with E-state index in [2.05, 4.69) is 6.58 Å². The number of carbonyl (C=O) groups is 1. The van der Waals surface area contributed by atoms with E-state index in [-0.39, 0.29) is 5.91 Å². The molecule has 0 aromatic carbocycles. The van der Waals surface area contributed by atoms with E-state index in [1.54, 1.807) is 20.8 Å². The van der Waals surface area contributed by atoms with Gasteiger partial charge in [-0.25, -0.2) is 0 Å². The van der Waals surface area contributed by atoms with Gasteiger partial charge in [0.05, 0.1) is 11.3 Å². The summed E-state index contributed by atoms with van der Waals surface area (Å²) >= 11 is 0. The van der Waals surface area contributed by atoms with Crippen molar-refractivity contribution in [1.82, 2.24) is 4.90 Å². The molecule has 0 atom stereocenters. The third-order valence-electron chi connectivity index (χ3n) is 2.11. The van der Waals surface area contributed by atoms with Crippen LogP contribution in [0.3, 0.4) is 0 Å². The quantitative estimate of drug-likeness (QED) is 0.574. The van der Waals surface area contributed by atoms with E-state index in [0.29, 0.717) is 5.57 Å². The van der Waals surface area contributed by atoms with Crippen molar-refractivity contribution >= 4 is 16.0 Å². The van der Waals surface area contributed by atoms with Crippen molar-refractivity contribution in [2.24, 2.45) is 0 Å². The van der Waals surface area contributed by atoms with Crippen molar-refractivity contribution in [3.63, 3.8) is 0 Å². The van der Waals surface area contributed by atoms with E-state index in [1.165, 1.54) is 11.9 Å². The second kappa shape index (κ2) is 4.32. The lowest BCUT2D eigenvalue weighted by Crippen LogP contribution is -2.49. The summed E-state index contributed by atoms with van der Waals surface area (Å²) in [7, 11) is -2.64. The molecule has 0 rings (SSSR count). The summed E-state index contributed by atoms with van der Waals surface area (Å²) in [6, 6.07) is 0. The average Bonchev–Trinajstić information content (AvgIpc) is 1.96. The predicted molar refractivity (Wildman–Crippen MR) is 58.1 cm³/mol. The molecule has 1 amide bonds. The van der Waals surface area contributed by atoms with Crippen LogP contribution >= 0.6 is 0 Å².